The van der Waals surface area contributed by atoms with E-state index in [0.29, 0.717) is 11.8 Å². The second-order valence-electron chi connectivity index (χ2n) is 6.19. The molecule has 2 rings (SSSR count). The van der Waals surface area contributed by atoms with Gasteiger partial charge in [0.15, 0.2) is 0 Å². The van der Waals surface area contributed by atoms with E-state index in [2.05, 4.69) is 36.7 Å². The predicted molar refractivity (Wildman–Crippen MR) is 91.5 cm³/mol. The number of hydrogen-bond acceptors (Lipinski definition) is 5. The van der Waals surface area contributed by atoms with Gasteiger partial charge in [0.05, 0.1) is 18.8 Å². The van der Waals surface area contributed by atoms with E-state index in [-0.39, 0.29) is 30.5 Å². The zero-order valence-electron chi connectivity index (χ0n) is 13.7. The first kappa shape index (κ1) is 18.7. The monoisotopic (exact) mass is 406 g/mol. The van der Waals surface area contributed by atoms with Crippen molar-refractivity contribution in [3.63, 3.8) is 0 Å². The molecule has 0 spiro atoms. The van der Waals surface area contributed by atoms with E-state index in [1.54, 1.807) is 24.3 Å². The third-order valence-corrected chi connectivity index (χ3v) is 6.11. The fourth-order valence-electron chi connectivity index (χ4n) is 2.74. The first-order valence-corrected chi connectivity index (χ1v) is 9.82. The van der Waals surface area contributed by atoms with Gasteiger partial charge in [-0.3, -0.25) is 0 Å². The van der Waals surface area contributed by atoms with Crippen molar-refractivity contribution in [2.75, 3.05) is 6.61 Å². The molecule has 5 atom stereocenters. The molecule has 1 aromatic carbocycles. The summed E-state index contributed by atoms with van der Waals surface area (Å²) in [4.78, 5) is 0. The van der Waals surface area contributed by atoms with Crippen molar-refractivity contribution in [2.24, 2.45) is 17.8 Å². The van der Waals surface area contributed by atoms with Crippen LogP contribution >= 0.6 is 15.9 Å². The molecule has 0 saturated carbocycles. The summed E-state index contributed by atoms with van der Waals surface area (Å²) in [5.74, 6) is 1.28. The molecule has 0 N–H and O–H groups in total. The molecule has 0 aliphatic carbocycles. The molecule has 1 aromatic rings. The Hall–Kier alpha value is -0.630. The highest BCUT2D eigenvalue weighted by molar-refractivity contribution is 9.10. The van der Waals surface area contributed by atoms with Gasteiger partial charge in [0.25, 0.3) is 0 Å². The molecule has 23 heavy (non-hydrogen) atoms. The van der Waals surface area contributed by atoms with E-state index in [1.165, 1.54) is 0 Å². The molecule has 0 aromatic heterocycles. The summed E-state index contributed by atoms with van der Waals surface area (Å²) in [6.07, 6.45) is -0.190. The fourth-order valence-corrected chi connectivity index (χ4v) is 3.70. The van der Waals surface area contributed by atoms with E-state index in [4.69, 9.17) is 13.1 Å². The number of benzene rings is 1. The zero-order valence-corrected chi connectivity index (χ0v) is 16.1. The van der Waals surface area contributed by atoms with Crippen molar-refractivity contribution in [1.29, 1.82) is 0 Å². The first-order chi connectivity index (χ1) is 10.7. The molecule has 1 saturated heterocycles. The van der Waals surface area contributed by atoms with Gasteiger partial charge in [-0.2, -0.15) is 8.42 Å². The van der Waals surface area contributed by atoms with Crippen LogP contribution in [0.3, 0.4) is 0 Å². The van der Waals surface area contributed by atoms with Crippen LogP contribution in [0.4, 0.5) is 0 Å². The summed E-state index contributed by atoms with van der Waals surface area (Å²) in [6, 6.07) is 6.50. The summed E-state index contributed by atoms with van der Waals surface area (Å²) >= 11 is 3.28. The summed E-state index contributed by atoms with van der Waals surface area (Å²) in [7, 11) is -4.11. The number of ether oxygens (including phenoxy) is 1. The van der Waals surface area contributed by atoms with Crippen LogP contribution in [-0.2, 0) is 19.3 Å². The van der Waals surface area contributed by atoms with Crippen molar-refractivity contribution in [3.05, 3.63) is 28.7 Å². The van der Waals surface area contributed by atoms with Crippen LogP contribution in [-0.4, -0.2) is 27.2 Å². The Morgan fingerprint density at radius 1 is 1.04 bits per heavy atom. The van der Waals surface area contributed by atoms with Crippen LogP contribution in [0.15, 0.2) is 28.7 Å². The maximum atomic E-state index is 11.9. The molecule has 1 aliphatic rings. The standard InChI is InChI=1S/C16H23BrO5S/c1-10-11(2)13(4)21-16(12(10)3)9-20-23(18,19)22-15-7-5-14(17)6-8-15/h5-8,10-13,16H,9H2,1-4H3/t10-,11?,12+,13+,16?/m1/s1. The minimum absolute atomic E-state index is 0.0402. The Balaban J connectivity index is 1.94. The lowest BCUT2D eigenvalue weighted by atomic mass is 9.77. The summed E-state index contributed by atoms with van der Waals surface area (Å²) in [6.45, 7) is 8.34. The molecule has 1 heterocycles. The lowest BCUT2D eigenvalue weighted by Gasteiger charge is -2.42. The van der Waals surface area contributed by atoms with Gasteiger partial charge in [0.2, 0.25) is 0 Å². The molecule has 7 heteroatoms. The maximum absolute atomic E-state index is 11.9. The van der Waals surface area contributed by atoms with Gasteiger partial charge in [0, 0.05) is 4.47 Å². The van der Waals surface area contributed by atoms with Crippen LogP contribution in [0.5, 0.6) is 5.75 Å². The van der Waals surface area contributed by atoms with E-state index >= 15 is 0 Å². The van der Waals surface area contributed by atoms with Gasteiger partial charge in [-0.05, 0) is 48.9 Å². The molecule has 5 nitrogen and oxygen atoms in total. The third kappa shape index (κ3) is 4.92. The predicted octanol–water partition coefficient (Wildman–Crippen LogP) is 3.78. The summed E-state index contributed by atoms with van der Waals surface area (Å²) in [5.41, 5.74) is 0. The molecule has 2 unspecified atom stereocenters. The number of hydrogen-bond donors (Lipinski definition) is 0. The Bertz CT molecular complexity index is 616. The fraction of sp³-hybridized carbons (Fsp3) is 0.625. The maximum Gasteiger partial charge on any atom is 0.449 e. The van der Waals surface area contributed by atoms with Crippen LogP contribution in [0.25, 0.3) is 0 Å². The molecule has 0 radical (unpaired) electrons. The highest BCUT2D eigenvalue weighted by Gasteiger charge is 2.37. The van der Waals surface area contributed by atoms with Gasteiger partial charge in [-0.25, -0.2) is 4.18 Å². The second kappa shape index (κ2) is 7.51. The van der Waals surface area contributed by atoms with Crippen molar-refractivity contribution >= 4 is 26.3 Å². The van der Waals surface area contributed by atoms with Crippen molar-refractivity contribution in [1.82, 2.24) is 0 Å². The number of rotatable bonds is 5. The Morgan fingerprint density at radius 2 is 1.65 bits per heavy atom. The van der Waals surface area contributed by atoms with E-state index in [1.807, 2.05) is 6.92 Å². The lowest BCUT2D eigenvalue weighted by molar-refractivity contribution is -0.136. The van der Waals surface area contributed by atoms with E-state index < -0.39 is 10.4 Å². The van der Waals surface area contributed by atoms with Crippen molar-refractivity contribution in [3.8, 4) is 5.75 Å². The topological polar surface area (TPSA) is 61.8 Å². The van der Waals surface area contributed by atoms with Crippen LogP contribution in [0.1, 0.15) is 27.7 Å². The van der Waals surface area contributed by atoms with E-state index in [0.717, 1.165) is 4.47 Å². The smallest absolute Gasteiger partial charge is 0.372 e. The average Bonchev–Trinajstić information content (AvgIpc) is 2.49. The highest BCUT2D eigenvalue weighted by atomic mass is 79.9. The summed E-state index contributed by atoms with van der Waals surface area (Å²) in [5, 5.41) is 0. The van der Waals surface area contributed by atoms with Gasteiger partial charge in [-0.1, -0.05) is 36.7 Å². The Kier molecular flexibility index (Phi) is 6.10. The Labute approximate surface area is 146 Å². The van der Waals surface area contributed by atoms with Crippen molar-refractivity contribution in [2.45, 2.75) is 39.9 Å². The number of halogens is 1. The molecule has 1 fully saturated rings. The molecule has 130 valence electrons. The summed E-state index contributed by atoms with van der Waals surface area (Å²) < 4.78 is 40.6. The minimum Gasteiger partial charge on any atom is -0.372 e. The quantitative estimate of drug-likeness (QED) is 0.744. The average molecular weight is 407 g/mol. The second-order valence-corrected chi connectivity index (χ2v) is 8.32. The first-order valence-electron chi connectivity index (χ1n) is 7.69. The third-order valence-electron chi connectivity index (χ3n) is 4.76. The van der Waals surface area contributed by atoms with Gasteiger partial charge < -0.3 is 8.92 Å². The van der Waals surface area contributed by atoms with Crippen LogP contribution in [0.2, 0.25) is 0 Å². The van der Waals surface area contributed by atoms with E-state index in [9.17, 15) is 8.42 Å². The minimum atomic E-state index is -4.11. The van der Waals surface area contributed by atoms with Crippen LogP contribution < -0.4 is 4.18 Å². The highest BCUT2D eigenvalue weighted by Crippen LogP contribution is 2.35. The van der Waals surface area contributed by atoms with Gasteiger partial charge in [0.1, 0.15) is 5.75 Å². The molecular formula is C16H23BrO5S. The van der Waals surface area contributed by atoms with Gasteiger partial charge >= 0.3 is 10.4 Å². The zero-order chi connectivity index (χ0) is 17.2. The van der Waals surface area contributed by atoms with Gasteiger partial charge in [-0.15, -0.1) is 0 Å². The van der Waals surface area contributed by atoms with Crippen LogP contribution in [0, 0.1) is 17.8 Å². The lowest BCUT2D eigenvalue weighted by Crippen LogP contribution is -2.45. The largest absolute Gasteiger partial charge is 0.449 e. The Morgan fingerprint density at radius 3 is 2.26 bits per heavy atom. The molecule has 0 bridgehead atoms. The molecule has 0 amide bonds. The normalized spacial score (nSPS) is 31.8. The molecule has 1 aliphatic heterocycles. The SMILES string of the molecule is CC1[C@H](C)OC(COS(=O)(=O)Oc2ccc(Br)cc2)[C@@H](C)[C@@H]1C. The van der Waals surface area contributed by atoms with Crippen molar-refractivity contribution < 1.29 is 21.5 Å². The molecular weight excluding hydrogens is 384 g/mol.